The number of nitrogens with one attached hydrogen (secondary N) is 1. The summed E-state index contributed by atoms with van der Waals surface area (Å²) in [4.78, 5) is 5.00. The van der Waals surface area contributed by atoms with Crippen molar-refractivity contribution in [1.29, 1.82) is 0 Å². The van der Waals surface area contributed by atoms with E-state index in [9.17, 15) is 0 Å². The molecule has 1 aliphatic heterocycles. The molecular formula is C23H20Cl2N2O. The van der Waals surface area contributed by atoms with Gasteiger partial charge in [-0.05, 0) is 66.6 Å². The van der Waals surface area contributed by atoms with Crippen LogP contribution in [0, 0.1) is 0 Å². The Morgan fingerprint density at radius 2 is 1.39 bits per heavy atom. The van der Waals surface area contributed by atoms with Crippen molar-refractivity contribution in [2.45, 2.75) is 19.0 Å². The van der Waals surface area contributed by atoms with Crippen molar-refractivity contribution in [2.24, 2.45) is 4.99 Å². The van der Waals surface area contributed by atoms with Crippen molar-refractivity contribution < 1.29 is 4.74 Å². The van der Waals surface area contributed by atoms with Crippen LogP contribution in [0.2, 0.25) is 10.0 Å². The van der Waals surface area contributed by atoms with Gasteiger partial charge in [0, 0.05) is 15.6 Å². The molecule has 2 unspecified atom stereocenters. The average Bonchev–Trinajstić information content (AvgIpc) is 3.15. The molecule has 0 saturated carbocycles. The molecule has 0 aliphatic carbocycles. The number of rotatable bonds is 5. The smallest absolute Gasteiger partial charge is 0.129 e. The summed E-state index contributed by atoms with van der Waals surface area (Å²) in [6.07, 6.45) is 0. The van der Waals surface area contributed by atoms with Gasteiger partial charge in [-0.1, -0.05) is 47.5 Å². The largest absolute Gasteiger partial charge is 0.494 e. The monoisotopic (exact) mass is 410 g/mol. The zero-order valence-electron chi connectivity index (χ0n) is 15.4. The molecule has 1 N–H and O–H groups in total. The zero-order chi connectivity index (χ0) is 19.5. The Morgan fingerprint density at radius 1 is 0.821 bits per heavy atom. The minimum absolute atomic E-state index is 0.0139. The van der Waals surface area contributed by atoms with Crippen molar-refractivity contribution in [3.05, 3.63) is 99.5 Å². The highest BCUT2D eigenvalue weighted by Gasteiger charge is 2.31. The molecule has 0 amide bonds. The van der Waals surface area contributed by atoms with Crippen molar-refractivity contribution in [1.82, 2.24) is 5.32 Å². The quantitative estimate of drug-likeness (QED) is 0.540. The van der Waals surface area contributed by atoms with Gasteiger partial charge in [-0.2, -0.15) is 0 Å². The van der Waals surface area contributed by atoms with Crippen LogP contribution in [-0.4, -0.2) is 12.4 Å². The van der Waals surface area contributed by atoms with Gasteiger partial charge in [-0.3, -0.25) is 4.99 Å². The molecule has 28 heavy (non-hydrogen) atoms. The average molecular weight is 411 g/mol. The normalized spacial score (nSPS) is 18.5. The number of hydrogen-bond donors (Lipinski definition) is 1. The first-order chi connectivity index (χ1) is 13.6. The fraction of sp³-hybridized carbons (Fsp3) is 0.174. The number of hydrogen-bond acceptors (Lipinski definition) is 3. The molecular weight excluding hydrogens is 391 g/mol. The van der Waals surface area contributed by atoms with E-state index < -0.39 is 0 Å². The Labute approximate surface area is 175 Å². The van der Waals surface area contributed by atoms with Crippen LogP contribution in [0.4, 0.5) is 0 Å². The maximum Gasteiger partial charge on any atom is 0.129 e. The second-order valence-electron chi connectivity index (χ2n) is 6.61. The minimum atomic E-state index is -0.0555. The van der Waals surface area contributed by atoms with Crippen molar-refractivity contribution in [2.75, 3.05) is 6.61 Å². The number of benzene rings is 3. The first-order valence-electron chi connectivity index (χ1n) is 9.22. The lowest BCUT2D eigenvalue weighted by atomic mass is 9.95. The molecule has 0 radical (unpaired) electrons. The highest BCUT2D eigenvalue weighted by Crippen LogP contribution is 2.37. The van der Waals surface area contributed by atoms with Gasteiger partial charge in [0.1, 0.15) is 17.6 Å². The lowest BCUT2D eigenvalue weighted by Gasteiger charge is -2.20. The molecule has 0 fully saturated rings. The number of ether oxygens (including phenoxy) is 1. The molecule has 3 aromatic rings. The molecule has 2 atom stereocenters. The number of aliphatic imine (C=N–C) groups is 1. The minimum Gasteiger partial charge on any atom is -0.494 e. The van der Waals surface area contributed by atoms with Gasteiger partial charge in [0.15, 0.2) is 0 Å². The van der Waals surface area contributed by atoms with Crippen molar-refractivity contribution >= 4 is 29.0 Å². The second-order valence-corrected chi connectivity index (χ2v) is 7.48. The van der Waals surface area contributed by atoms with Gasteiger partial charge in [0.2, 0.25) is 0 Å². The van der Waals surface area contributed by atoms with Crippen LogP contribution in [0.3, 0.4) is 0 Å². The highest BCUT2D eigenvalue weighted by atomic mass is 35.5. The first-order valence-corrected chi connectivity index (χ1v) is 9.98. The molecule has 5 heteroatoms. The Kier molecular flexibility index (Phi) is 5.56. The third-order valence-electron chi connectivity index (χ3n) is 4.76. The van der Waals surface area contributed by atoms with E-state index in [1.807, 2.05) is 79.7 Å². The summed E-state index contributed by atoms with van der Waals surface area (Å²) in [7, 11) is 0. The number of nitrogens with zero attached hydrogens (tertiary/aromatic N) is 1. The summed E-state index contributed by atoms with van der Waals surface area (Å²) in [5.41, 5.74) is 3.27. The summed E-state index contributed by atoms with van der Waals surface area (Å²) < 4.78 is 5.54. The maximum atomic E-state index is 6.08. The Bertz CT molecular complexity index is 967. The summed E-state index contributed by atoms with van der Waals surface area (Å²) in [6, 6.07) is 23.7. The Hall–Kier alpha value is -2.49. The molecule has 1 heterocycles. The van der Waals surface area contributed by atoms with E-state index in [0.717, 1.165) is 33.3 Å². The van der Waals surface area contributed by atoms with E-state index >= 15 is 0 Å². The molecule has 0 saturated heterocycles. The molecule has 142 valence electrons. The van der Waals surface area contributed by atoms with Gasteiger partial charge in [0.25, 0.3) is 0 Å². The number of amidine groups is 1. The van der Waals surface area contributed by atoms with Crippen LogP contribution in [-0.2, 0) is 0 Å². The molecule has 0 bridgehead atoms. The highest BCUT2D eigenvalue weighted by molar-refractivity contribution is 6.30. The van der Waals surface area contributed by atoms with Gasteiger partial charge in [0.05, 0.1) is 12.6 Å². The topological polar surface area (TPSA) is 33.6 Å². The van der Waals surface area contributed by atoms with E-state index in [0.29, 0.717) is 11.6 Å². The molecule has 0 spiro atoms. The maximum absolute atomic E-state index is 6.08. The molecule has 4 rings (SSSR count). The van der Waals surface area contributed by atoms with Gasteiger partial charge in [-0.15, -0.1) is 0 Å². The number of halogens is 2. The lowest BCUT2D eigenvalue weighted by Crippen LogP contribution is -2.25. The van der Waals surface area contributed by atoms with Gasteiger partial charge < -0.3 is 10.1 Å². The van der Waals surface area contributed by atoms with Crippen LogP contribution in [0.25, 0.3) is 0 Å². The van der Waals surface area contributed by atoms with E-state index in [2.05, 4.69) is 5.32 Å². The summed E-state index contributed by atoms with van der Waals surface area (Å²) in [5, 5.41) is 5.03. The molecule has 1 aliphatic rings. The van der Waals surface area contributed by atoms with Crippen LogP contribution in [0.15, 0.2) is 77.8 Å². The predicted molar refractivity (Wildman–Crippen MR) is 116 cm³/mol. The summed E-state index contributed by atoms with van der Waals surface area (Å²) in [6.45, 7) is 2.62. The van der Waals surface area contributed by atoms with E-state index in [1.165, 1.54) is 0 Å². The zero-order valence-corrected chi connectivity index (χ0v) is 16.9. The SMILES string of the molecule is CCOc1ccc(C2=NC(c3ccc(Cl)cc3)C(c3ccc(Cl)cc3)N2)cc1. The van der Waals surface area contributed by atoms with Crippen LogP contribution in [0.1, 0.15) is 35.7 Å². The van der Waals surface area contributed by atoms with E-state index in [4.69, 9.17) is 32.9 Å². The third-order valence-corrected chi connectivity index (χ3v) is 5.26. The summed E-state index contributed by atoms with van der Waals surface area (Å²) >= 11 is 12.2. The molecule has 3 aromatic carbocycles. The van der Waals surface area contributed by atoms with Crippen LogP contribution >= 0.6 is 23.2 Å². The fourth-order valence-corrected chi connectivity index (χ4v) is 3.63. The van der Waals surface area contributed by atoms with Crippen molar-refractivity contribution in [3.63, 3.8) is 0 Å². The first kappa shape index (κ1) is 18.9. The Balaban J connectivity index is 1.69. The van der Waals surface area contributed by atoms with Gasteiger partial charge in [-0.25, -0.2) is 0 Å². The fourth-order valence-electron chi connectivity index (χ4n) is 3.37. The van der Waals surface area contributed by atoms with Crippen molar-refractivity contribution in [3.8, 4) is 5.75 Å². The molecule has 0 aromatic heterocycles. The standard InChI is InChI=1S/C23H20Cl2N2O/c1-2-28-20-13-7-17(8-14-20)23-26-21(15-3-9-18(24)10-4-15)22(27-23)16-5-11-19(25)12-6-16/h3-14,21-22H,2H2,1H3,(H,26,27). The second kappa shape index (κ2) is 8.26. The predicted octanol–water partition coefficient (Wildman–Crippen LogP) is 6.22. The van der Waals surface area contributed by atoms with Gasteiger partial charge >= 0.3 is 0 Å². The van der Waals surface area contributed by atoms with E-state index in [1.54, 1.807) is 0 Å². The van der Waals surface area contributed by atoms with E-state index in [-0.39, 0.29) is 12.1 Å². The summed E-state index contributed by atoms with van der Waals surface area (Å²) in [5.74, 6) is 1.72. The Morgan fingerprint density at radius 3 is 1.96 bits per heavy atom. The molecule has 3 nitrogen and oxygen atoms in total. The third kappa shape index (κ3) is 4.01. The lowest BCUT2D eigenvalue weighted by molar-refractivity contribution is 0.340. The van der Waals surface area contributed by atoms with Crippen LogP contribution < -0.4 is 10.1 Å². The van der Waals surface area contributed by atoms with Crippen LogP contribution in [0.5, 0.6) is 5.75 Å².